The first-order valence-corrected chi connectivity index (χ1v) is 10.8. The number of halogens is 1. The molecule has 4 rings (SSSR count). The van der Waals surface area contributed by atoms with Gasteiger partial charge in [-0.25, -0.2) is 4.39 Å². The van der Waals surface area contributed by atoms with Crippen LogP contribution in [0.15, 0.2) is 18.2 Å². The number of nitrogens with two attached hydrogens (primary N) is 1. The number of anilines is 4. The molecule has 2 saturated heterocycles. The normalized spacial score (nSPS) is 21.8. The van der Waals surface area contributed by atoms with Gasteiger partial charge in [-0.2, -0.15) is 15.0 Å². The highest BCUT2D eigenvalue weighted by Gasteiger charge is 2.29. The first-order valence-electron chi connectivity index (χ1n) is 10.8. The van der Waals surface area contributed by atoms with E-state index in [4.69, 9.17) is 15.2 Å². The van der Waals surface area contributed by atoms with E-state index < -0.39 is 5.82 Å². The van der Waals surface area contributed by atoms with Gasteiger partial charge in [0.25, 0.3) is 0 Å². The van der Waals surface area contributed by atoms with Gasteiger partial charge in [0.15, 0.2) is 11.6 Å². The molecular formula is C21H30FN7O2. The van der Waals surface area contributed by atoms with Crippen molar-refractivity contribution in [3.63, 3.8) is 0 Å². The average molecular weight is 432 g/mol. The predicted molar refractivity (Wildman–Crippen MR) is 117 cm³/mol. The number of ether oxygens (including phenoxy) is 2. The Morgan fingerprint density at radius 1 is 1.35 bits per heavy atom. The van der Waals surface area contributed by atoms with Gasteiger partial charge in [0.2, 0.25) is 17.8 Å². The Labute approximate surface area is 181 Å². The van der Waals surface area contributed by atoms with Gasteiger partial charge >= 0.3 is 0 Å². The van der Waals surface area contributed by atoms with Crippen molar-refractivity contribution < 1.29 is 13.9 Å². The molecule has 2 aliphatic rings. The van der Waals surface area contributed by atoms with Crippen LogP contribution in [0, 0.1) is 5.82 Å². The standard InChI is InChI=1S/C21H30FN7O2/c1-3-16(17-5-4-9-24-17)25-20-26-19(23)27-21(28-20)29(14-8-10-31-12-14)13-6-7-18(30-2)15(22)11-13/h6-7,11,14,16-17,24H,3-5,8-10,12H2,1-2H3,(H3,23,25,26,27,28). The summed E-state index contributed by atoms with van der Waals surface area (Å²) in [5.41, 5.74) is 6.66. The van der Waals surface area contributed by atoms with E-state index in [2.05, 4.69) is 32.5 Å². The van der Waals surface area contributed by atoms with Gasteiger partial charge in [0.1, 0.15) is 0 Å². The minimum atomic E-state index is -0.456. The molecule has 2 aliphatic heterocycles. The number of methoxy groups -OCH3 is 1. The molecule has 2 aromatic rings. The summed E-state index contributed by atoms with van der Waals surface area (Å²) < 4.78 is 25.1. The molecule has 2 fully saturated rings. The average Bonchev–Trinajstić information content (AvgIpc) is 3.47. The van der Waals surface area contributed by atoms with Crippen LogP contribution in [-0.2, 0) is 4.74 Å². The highest BCUT2D eigenvalue weighted by Crippen LogP contribution is 2.32. The Balaban J connectivity index is 1.67. The molecule has 0 aliphatic carbocycles. The van der Waals surface area contributed by atoms with Crippen molar-refractivity contribution in [2.24, 2.45) is 0 Å². The van der Waals surface area contributed by atoms with Crippen LogP contribution in [0.1, 0.15) is 32.6 Å². The zero-order valence-electron chi connectivity index (χ0n) is 18.0. The lowest BCUT2D eigenvalue weighted by Crippen LogP contribution is -2.40. The summed E-state index contributed by atoms with van der Waals surface area (Å²) in [6.45, 7) is 4.26. The smallest absolute Gasteiger partial charge is 0.236 e. The van der Waals surface area contributed by atoms with Gasteiger partial charge in [-0.1, -0.05) is 6.92 Å². The lowest BCUT2D eigenvalue weighted by molar-refractivity contribution is 0.194. The summed E-state index contributed by atoms with van der Waals surface area (Å²) in [4.78, 5) is 15.2. The van der Waals surface area contributed by atoms with Crippen molar-refractivity contribution in [2.45, 2.75) is 50.7 Å². The van der Waals surface area contributed by atoms with Crippen molar-refractivity contribution in [2.75, 3.05) is 42.8 Å². The van der Waals surface area contributed by atoms with Crippen LogP contribution in [0.4, 0.5) is 27.9 Å². The lowest BCUT2D eigenvalue weighted by atomic mass is 10.0. The van der Waals surface area contributed by atoms with Gasteiger partial charge in [0.05, 0.1) is 19.8 Å². The quantitative estimate of drug-likeness (QED) is 0.580. The van der Waals surface area contributed by atoms with E-state index in [0.29, 0.717) is 36.8 Å². The third-order valence-electron chi connectivity index (χ3n) is 5.88. The second-order valence-electron chi connectivity index (χ2n) is 7.89. The van der Waals surface area contributed by atoms with Crippen molar-refractivity contribution in [1.82, 2.24) is 20.3 Å². The fraction of sp³-hybridized carbons (Fsp3) is 0.571. The number of rotatable bonds is 8. The number of hydrogen-bond acceptors (Lipinski definition) is 9. The van der Waals surface area contributed by atoms with Crippen molar-refractivity contribution in [3.8, 4) is 5.75 Å². The zero-order chi connectivity index (χ0) is 21.8. The summed E-state index contributed by atoms with van der Waals surface area (Å²) in [6.07, 6.45) is 3.95. The molecule has 4 N–H and O–H groups in total. The summed E-state index contributed by atoms with van der Waals surface area (Å²) in [7, 11) is 1.44. The van der Waals surface area contributed by atoms with Gasteiger partial charge in [0, 0.05) is 30.4 Å². The topological polar surface area (TPSA) is 110 Å². The van der Waals surface area contributed by atoms with Gasteiger partial charge in [-0.3, -0.25) is 0 Å². The summed E-state index contributed by atoms with van der Waals surface area (Å²) in [5, 5.41) is 6.94. The molecule has 3 heterocycles. The van der Waals surface area contributed by atoms with Crippen LogP contribution in [0.25, 0.3) is 0 Å². The minimum absolute atomic E-state index is 0.0408. The fourth-order valence-electron chi connectivity index (χ4n) is 4.28. The molecule has 3 atom stereocenters. The van der Waals surface area contributed by atoms with E-state index in [1.165, 1.54) is 13.2 Å². The van der Waals surface area contributed by atoms with E-state index in [-0.39, 0.29) is 23.8 Å². The SMILES string of the molecule is CCC(Nc1nc(N)nc(N(c2ccc(OC)c(F)c2)C2CCOC2)n1)C1CCCN1. The van der Waals surface area contributed by atoms with E-state index in [0.717, 1.165) is 32.2 Å². The van der Waals surface area contributed by atoms with E-state index in [1.54, 1.807) is 12.1 Å². The Morgan fingerprint density at radius 3 is 2.87 bits per heavy atom. The highest BCUT2D eigenvalue weighted by molar-refractivity contribution is 5.61. The van der Waals surface area contributed by atoms with Crippen LogP contribution in [0.3, 0.4) is 0 Å². The molecule has 31 heavy (non-hydrogen) atoms. The van der Waals surface area contributed by atoms with E-state index in [1.807, 2.05) is 4.90 Å². The molecule has 0 bridgehead atoms. The van der Waals surface area contributed by atoms with Crippen LogP contribution < -0.4 is 26.0 Å². The van der Waals surface area contributed by atoms with Crippen molar-refractivity contribution in [1.29, 1.82) is 0 Å². The molecule has 1 aromatic heterocycles. The second kappa shape index (κ2) is 9.61. The largest absolute Gasteiger partial charge is 0.494 e. The molecule has 1 aromatic carbocycles. The van der Waals surface area contributed by atoms with Crippen LogP contribution in [-0.4, -0.2) is 59.9 Å². The molecular weight excluding hydrogens is 401 g/mol. The Bertz CT molecular complexity index is 888. The van der Waals surface area contributed by atoms with E-state index >= 15 is 0 Å². The van der Waals surface area contributed by atoms with Crippen molar-refractivity contribution >= 4 is 23.5 Å². The summed E-state index contributed by atoms with van der Waals surface area (Å²) in [6, 6.07) is 5.29. The third kappa shape index (κ3) is 4.80. The van der Waals surface area contributed by atoms with Crippen LogP contribution >= 0.6 is 0 Å². The monoisotopic (exact) mass is 431 g/mol. The Morgan fingerprint density at radius 2 is 2.23 bits per heavy atom. The number of nitrogen functional groups attached to an aromatic ring is 1. The fourth-order valence-corrected chi connectivity index (χ4v) is 4.28. The Hall–Kier alpha value is -2.72. The molecule has 3 unspecified atom stereocenters. The summed E-state index contributed by atoms with van der Waals surface area (Å²) in [5.74, 6) is 0.617. The first-order chi connectivity index (χ1) is 15.1. The minimum Gasteiger partial charge on any atom is -0.494 e. The van der Waals surface area contributed by atoms with Crippen LogP contribution in [0.5, 0.6) is 5.75 Å². The highest BCUT2D eigenvalue weighted by atomic mass is 19.1. The van der Waals surface area contributed by atoms with Crippen LogP contribution in [0.2, 0.25) is 0 Å². The van der Waals surface area contributed by atoms with Gasteiger partial charge in [-0.15, -0.1) is 0 Å². The van der Waals surface area contributed by atoms with Gasteiger partial charge in [-0.05, 0) is 44.4 Å². The summed E-state index contributed by atoms with van der Waals surface area (Å²) >= 11 is 0. The first kappa shape index (κ1) is 21.5. The molecule has 0 radical (unpaired) electrons. The molecule has 168 valence electrons. The third-order valence-corrected chi connectivity index (χ3v) is 5.88. The number of nitrogens with zero attached hydrogens (tertiary/aromatic N) is 4. The lowest BCUT2D eigenvalue weighted by Gasteiger charge is -2.29. The van der Waals surface area contributed by atoms with Gasteiger partial charge < -0.3 is 30.7 Å². The van der Waals surface area contributed by atoms with Crippen molar-refractivity contribution in [3.05, 3.63) is 24.0 Å². The number of nitrogens with one attached hydrogen (secondary N) is 2. The Kier molecular flexibility index (Phi) is 6.67. The molecule has 0 saturated carbocycles. The predicted octanol–water partition coefficient (Wildman–Crippen LogP) is 2.47. The zero-order valence-corrected chi connectivity index (χ0v) is 18.0. The molecule has 0 spiro atoms. The maximum Gasteiger partial charge on any atom is 0.236 e. The number of benzene rings is 1. The maximum atomic E-state index is 14.5. The second-order valence-corrected chi connectivity index (χ2v) is 7.89. The molecule has 9 nitrogen and oxygen atoms in total. The maximum absolute atomic E-state index is 14.5. The number of hydrogen-bond donors (Lipinski definition) is 3. The molecule has 10 heteroatoms. The van der Waals surface area contributed by atoms with E-state index in [9.17, 15) is 4.39 Å². The molecule has 0 amide bonds. The number of aromatic nitrogens is 3.